The molecule has 4 aromatic heterocycles. The van der Waals surface area contributed by atoms with Crippen LogP contribution in [0.5, 0.6) is 0 Å². The Morgan fingerprint density at radius 3 is 1.44 bits per heavy atom. The molecular weight excluding hydrogens is 465 g/mol. The van der Waals surface area contributed by atoms with E-state index in [1.807, 2.05) is 45.3 Å². The summed E-state index contributed by atoms with van der Waals surface area (Å²) in [7, 11) is 0. The highest BCUT2D eigenvalue weighted by Gasteiger charge is 2.16. The maximum atomic E-state index is 2.38. The second kappa shape index (κ2) is 6.40. The van der Waals surface area contributed by atoms with E-state index in [0.29, 0.717) is 0 Å². The van der Waals surface area contributed by atoms with Gasteiger partial charge in [0.05, 0.1) is 0 Å². The molecule has 0 unspecified atom stereocenters. The number of rotatable bonds is 1. The topological polar surface area (TPSA) is 0 Å². The summed E-state index contributed by atoms with van der Waals surface area (Å²) in [6, 6.07) is 27.6. The molecule has 0 fully saturated rings. The van der Waals surface area contributed by atoms with Crippen molar-refractivity contribution in [3.63, 3.8) is 0 Å². The van der Waals surface area contributed by atoms with Crippen molar-refractivity contribution in [3.8, 4) is 11.1 Å². The molecule has 0 aliphatic carbocycles. The molecule has 4 aromatic carbocycles. The molecule has 4 heterocycles. The maximum Gasteiger partial charge on any atom is 0.0434 e. The van der Waals surface area contributed by atoms with Crippen LogP contribution >= 0.6 is 45.3 Å². The Morgan fingerprint density at radius 1 is 0.438 bits per heavy atom. The lowest BCUT2D eigenvalue weighted by Crippen LogP contribution is -1.78. The molecule has 0 bridgehead atoms. The second-order valence-electron chi connectivity index (χ2n) is 8.18. The first-order valence-corrected chi connectivity index (χ1v) is 13.9. The predicted molar refractivity (Wildman–Crippen MR) is 148 cm³/mol. The van der Waals surface area contributed by atoms with E-state index >= 15 is 0 Å². The SMILES string of the molecule is c1cc(-c2cccc3c2sc2cc4ccsc4cc23)c2sc3cc4ccsc4cc3c2c1. The molecule has 8 aromatic rings. The minimum absolute atomic E-state index is 1.35. The van der Waals surface area contributed by atoms with Crippen molar-refractivity contribution in [3.05, 3.63) is 83.6 Å². The first kappa shape index (κ1) is 17.8. The maximum absolute atomic E-state index is 2.38. The fraction of sp³-hybridized carbons (Fsp3) is 0. The summed E-state index contributed by atoms with van der Waals surface area (Å²) in [5.74, 6) is 0. The smallest absolute Gasteiger partial charge is 0.0434 e. The van der Waals surface area contributed by atoms with Crippen LogP contribution in [0.4, 0.5) is 0 Å². The van der Waals surface area contributed by atoms with Crippen molar-refractivity contribution in [2.75, 3.05) is 0 Å². The monoisotopic (exact) mass is 478 g/mol. The average molecular weight is 479 g/mol. The van der Waals surface area contributed by atoms with Gasteiger partial charge in [0.25, 0.3) is 0 Å². The third-order valence-corrected chi connectivity index (χ3v) is 10.6. The summed E-state index contributed by atoms with van der Waals surface area (Å²) in [6.45, 7) is 0. The molecule has 32 heavy (non-hydrogen) atoms. The van der Waals surface area contributed by atoms with Gasteiger partial charge in [-0.25, -0.2) is 0 Å². The zero-order valence-corrected chi connectivity index (χ0v) is 20.0. The Labute approximate surface area is 199 Å². The van der Waals surface area contributed by atoms with Crippen molar-refractivity contribution in [1.82, 2.24) is 0 Å². The molecule has 0 saturated carbocycles. The van der Waals surface area contributed by atoms with Gasteiger partial charge in [0.2, 0.25) is 0 Å². The molecule has 0 atom stereocenters. The average Bonchev–Trinajstić information content (AvgIpc) is 3.59. The van der Waals surface area contributed by atoms with Crippen molar-refractivity contribution in [2.24, 2.45) is 0 Å². The van der Waals surface area contributed by atoms with Gasteiger partial charge < -0.3 is 0 Å². The van der Waals surface area contributed by atoms with Crippen LogP contribution in [-0.2, 0) is 0 Å². The molecule has 0 nitrogen and oxygen atoms in total. The Balaban J connectivity index is 1.47. The van der Waals surface area contributed by atoms with Crippen LogP contribution in [0.25, 0.3) is 71.6 Å². The molecule has 8 rings (SSSR count). The van der Waals surface area contributed by atoms with E-state index < -0.39 is 0 Å². The highest BCUT2D eigenvalue weighted by molar-refractivity contribution is 7.27. The highest BCUT2D eigenvalue weighted by atomic mass is 32.1. The van der Waals surface area contributed by atoms with E-state index in [0.717, 1.165) is 0 Å². The van der Waals surface area contributed by atoms with Gasteiger partial charge in [-0.2, -0.15) is 0 Å². The molecule has 0 aliphatic rings. The van der Waals surface area contributed by atoms with Gasteiger partial charge in [-0.3, -0.25) is 0 Å². The number of hydrogen-bond donors (Lipinski definition) is 0. The summed E-state index contributed by atoms with van der Waals surface area (Å²) in [4.78, 5) is 0. The predicted octanol–water partition coefficient (Wildman–Crippen LogP) is 10.5. The molecule has 150 valence electrons. The quantitative estimate of drug-likeness (QED) is 0.220. The summed E-state index contributed by atoms with van der Waals surface area (Å²) >= 11 is 7.52. The molecule has 4 heteroatoms. The molecular formula is C28H14S4. The van der Waals surface area contributed by atoms with E-state index in [-0.39, 0.29) is 0 Å². The molecule has 0 N–H and O–H groups in total. The van der Waals surface area contributed by atoms with Crippen LogP contribution in [0, 0.1) is 0 Å². The molecule has 0 radical (unpaired) electrons. The van der Waals surface area contributed by atoms with Gasteiger partial charge in [-0.15, -0.1) is 45.3 Å². The van der Waals surface area contributed by atoms with Gasteiger partial charge in [0, 0.05) is 60.9 Å². The first-order valence-electron chi connectivity index (χ1n) is 10.5. The molecule has 0 spiro atoms. The normalized spacial score (nSPS) is 12.4. The summed E-state index contributed by atoms with van der Waals surface area (Å²) in [5, 5.41) is 12.6. The first-order chi connectivity index (χ1) is 15.8. The van der Waals surface area contributed by atoms with Crippen LogP contribution in [0.2, 0.25) is 0 Å². The fourth-order valence-corrected chi connectivity index (χ4v) is 9.07. The lowest BCUT2D eigenvalue weighted by molar-refractivity contribution is 1.77. The van der Waals surface area contributed by atoms with Gasteiger partial charge in [-0.1, -0.05) is 36.4 Å². The van der Waals surface area contributed by atoms with E-state index in [2.05, 4.69) is 83.6 Å². The number of fused-ring (bicyclic) bond motifs is 8. The summed E-state index contributed by atoms with van der Waals surface area (Å²) in [5.41, 5.74) is 2.71. The van der Waals surface area contributed by atoms with Crippen LogP contribution in [0.15, 0.2) is 83.6 Å². The zero-order valence-electron chi connectivity index (χ0n) is 16.7. The van der Waals surface area contributed by atoms with Gasteiger partial charge in [-0.05, 0) is 57.9 Å². The Morgan fingerprint density at radius 2 is 0.938 bits per heavy atom. The standard InChI is InChI=1S/C28H14S4/c1-3-17(27-19(5-1)21-13-23-15(7-9-29-23)11-25(21)31-27)18-4-2-6-20-22-14-24-16(8-10-30-24)12-26(22)32-28(18)20/h1-14H. The van der Waals surface area contributed by atoms with Gasteiger partial charge in [0.15, 0.2) is 0 Å². The summed E-state index contributed by atoms with van der Waals surface area (Å²) in [6.07, 6.45) is 0. The largest absolute Gasteiger partial charge is 0.144 e. The third-order valence-electron chi connectivity index (χ3n) is 6.43. The Hall–Kier alpha value is -2.76. The highest BCUT2D eigenvalue weighted by Crippen LogP contribution is 2.46. The van der Waals surface area contributed by atoms with E-state index in [1.54, 1.807) is 0 Å². The van der Waals surface area contributed by atoms with E-state index in [9.17, 15) is 0 Å². The van der Waals surface area contributed by atoms with Crippen LogP contribution in [0.3, 0.4) is 0 Å². The lowest BCUT2D eigenvalue weighted by atomic mass is 10.0. The van der Waals surface area contributed by atoms with E-state index in [1.165, 1.54) is 71.6 Å². The van der Waals surface area contributed by atoms with Crippen LogP contribution in [-0.4, -0.2) is 0 Å². The van der Waals surface area contributed by atoms with Crippen molar-refractivity contribution in [2.45, 2.75) is 0 Å². The third kappa shape index (κ3) is 2.36. The number of hydrogen-bond acceptors (Lipinski definition) is 4. The molecule has 0 aliphatic heterocycles. The minimum atomic E-state index is 1.35. The van der Waals surface area contributed by atoms with Gasteiger partial charge in [0.1, 0.15) is 0 Å². The van der Waals surface area contributed by atoms with Crippen LogP contribution in [0.1, 0.15) is 0 Å². The molecule has 0 saturated heterocycles. The fourth-order valence-electron chi connectivity index (χ4n) is 4.93. The molecule has 0 amide bonds. The van der Waals surface area contributed by atoms with Crippen LogP contribution < -0.4 is 0 Å². The zero-order chi connectivity index (χ0) is 20.8. The number of thiophene rings is 4. The van der Waals surface area contributed by atoms with Gasteiger partial charge >= 0.3 is 0 Å². The van der Waals surface area contributed by atoms with Crippen molar-refractivity contribution >= 4 is 106 Å². The Bertz CT molecular complexity index is 1840. The lowest BCUT2D eigenvalue weighted by Gasteiger charge is -2.05. The second-order valence-corrected chi connectivity index (χ2v) is 12.2. The Kier molecular flexibility index (Phi) is 3.55. The van der Waals surface area contributed by atoms with Crippen molar-refractivity contribution < 1.29 is 0 Å². The minimum Gasteiger partial charge on any atom is -0.144 e. The summed E-state index contributed by atoms with van der Waals surface area (Å²) < 4.78 is 8.28. The number of benzene rings is 4. The van der Waals surface area contributed by atoms with Crippen molar-refractivity contribution in [1.29, 1.82) is 0 Å². The van der Waals surface area contributed by atoms with E-state index in [4.69, 9.17) is 0 Å².